The van der Waals surface area contributed by atoms with Gasteiger partial charge in [0.05, 0.1) is 18.2 Å². The lowest BCUT2D eigenvalue weighted by Crippen LogP contribution is -2.13. The van der Waals surface area contributed by atoms with E-state index in [1.54, 1.807) is 24.3 Å². The number of benzene rings is 2. The second-order valence-corrected chi connectivity index (χ2v) is 5.88. The molecule has 4 nitrogen and oxygen atoms in total. The number of hydrogen-bond donors (Lipinski definition) is 1. The van der Waals surface area contributed by atoms with E-state index in [-0.39, 0.29) is 5.91 Å². The molecular weight excluding hydrogens is 349 g/mol. The predicted molar refractivity (Wildman–Crippen MR) is 97.4 cm³/mol. The van der Waals surface area contributed by atoms with Gasteiger partial charge in [0.1, 0.15) is 11.5 Å². The number of amides is 1. The SMILES string of the molecule is CCOc1cccc(NC(=O)CCCOc2ccc(Cl)cc2Cl)c1. The summed E-state index contributed by atoms with van der Waals surface area (Å²) in [6.07, 6.45) is 0.931. The van der Waals surface area contributed by atoms with Crippen LogP contribution >= 0.6 is 23.2 Å². The van der Waals surface area contributed by atoms with E-state index in [1.165, 1.54) is 0 Å². The second-order valence-electron chi connectivity index (χ2n) is 5.04. The molecule has 0 aliphatic carbocycles. The van der Waals surface area contributed by atoms with Gasteiger partial charge in [0.15, 0.2) is 0 Å². The maximum Gasteiger partial charge on any atom is 0.224 e. The highest BCUT2D eigenvalue weighted by Crippen LogP contribution is 2.27. The Morgan fingerprint density at radius 3 is 2.71 bits per heavy atom. The lowest BCUT2D eigenvalue weighted by Gasteiger charge is -2.09. The van der Waals surface area contributed by atoms with Crippen LogP contribution in [-0.4, -0.2) is 19.1 Å². The molecule has 0 fully saturated rings. The highest BCUT2D eigenvalue weighted by Gasteiger charge is 2.05. The van der Waals surface area contributed by atoms with Crippen LogP contribution < -0.4 is 14.8 Å². The molecule has 0 radical (unpaired) electrons. The normalized spacial score (nSPS) is 10.3. The van der Waals surface area contributed by atoms with Crippen molar-refractivity contribution in [1.82, 2.24) is 0 Å². The monoisotopic (exact) mass is 367 g/mol. The fourth-order valence-corrected chi connectivity index (χ4v) is 2.52. The number of anilines is 1. The van der Waals surface area contributed by atoms with Gasteiger partial charge in [-0.05, 0) is 43.7 Å². The van der Waals surface area contributed by atoms with Crippen molar-refractivity contribution in [2.45, 2.75) is 19.8 Å². The predicted octanol–water partition coefficient (Wildman–Crippen LogP) is 5.19. The molecule has 6 heteroatoms. The molecule has 1 amide bonds. The Balaban J connectivity index is 1.74. The summed E-state index contributed by atoms with van der Waals surface area (Å²) in [5.41, 5.74) is 0.715. The maximum absolute atomic E-state index is 12.0. The van der Waals surface area contributed by atoms with Gasteiger partial charge in [-0.1, -0.05) is 29.3 Å². The first-order chi connectivity index (χ1) is 11.6. The highest BCUT2D eigenvalue weighted by molar-refractivity contribution is 6.35. The van der Waals surface area contributed by atoms with Gasteiger partial charge in [-0.25, -0.2) is 0 Å². The third-order valence-corrected chi connectivity index (χ3v) is 3.66. The molecule has 0 aliphatic heterocycles. The molecule has 24 heavy (non-hydrogen) atoms. The number of carbonyl (C=O) groups is 1. The van der Waals surface area contributed by atoms with E-state index >= 15 is 0 Å². The molecule has 1 N–H and O–H groups in total. The Hall–Kier alpha value is -1.91. The average molecular weight is 368 g/mol. The Labute approximate surface area is 151 Å². The van der Waals surface area contributed by atoms with Crippen LogP contribution in [0.4, 0.5) is 5.69 Å². The fourth-order valence-electron chi connectivity index (χ4n) is 2.06. The largest absolute Gasteiger partial charge is 0.494 e. The zero-order valence-corrected chi connectivity index (χ0v) is 14.9. The van der Waals surface area contributed by atoms with Crippen LogP contribution in [0.5, 0.6) is 11.5 Å². The molecule has 0 aliphatic rings. The topological polar surface area (TPSA) is 47.6 Å². The molecule has 0 saturated carbocycles. The molecule has 0 heterocycles. The first-order valence-corrected chi connectivity index (χ1v) is 8.44. The summed E-state index contributed by atoms with van der Waals surface area (Å²) in [4.78, 5) is 12.0. The van der Waals surface area contributed by atoms with Gasteiger partial charge in [0.2, 0.25) is 5.91 Å². The first-order valence-electron chi connectivity index (χ1n) is 7.69. The molecule has 0 aromatic heterocycles. The van der Waals surface area contributed by atoms with Crippen molar-refractivity contribution in [2.75, 3.05) is 18.5 Å². The van der Waals surface area contributed by atoms with Gasteiger partial charge in [-0.15, -0.1) is 0 Å². The van der Waals surface area contributed by atoms with E-state index in [9.17, 15) is 4.79 Å². The van der Waals surface area contributed by atoms with Crippen molar-refractivity contribution >= 4 is 34.8 Å². The van der Waals surface area contributed by atoms with Gasteiger partial charge in [-0.3, -0.25) is 4.79 Å². The Bertz CT molecular complexity index is 692. The third-order valence-electron chi connectivity index (χ3n) is 3.13. The van der Waals surface area contributed by atoms with Crippen molar-refractivity contribution in [3.8, 4) is 11.5 Å². The molecule has 2 aromatic carbocycles. The lowest BCUT2D eigenvalue weighted by atomic mass is 10.2. The standard InChI is InChI=1S/C18H19Cl2NO3/c1-2-23-15-6-3-5-14(12-15)21-18(22)7-4-10-24-17-9-8-13(19)11-16(17)20/h3,5-6,8-9,11-12H,2,4,7,10H2,1H3,(H,21,22). The molecule has 0 bridgehead atoms. The van der Waals surface area contributed by atoms with Crippen molar-refractivity contribution in [2.24, 2.45) is 0 Å². The van der Waals surface area contributed by atoms with Crippen LogP contribution in [0.2, 0.25) is 10.0 Å². The zero-order valence-electron chi connectivity index (χ0n) is 13.4. The molecule has 0 unspecified atom stereocenters. The lowest BCUT2D eigenvalue weighted by molar-refractivity contribution is -0.116. The van der Waals surface area contributed by atoms with Gasteiger partial charge in [0.25, 0.3) is 0 Å². The van der Waals surface area contributed by atoms with E-state index < -0.39 is 0 Å². The number of halogens is 2. The van der Waals surface area contributed by atoms with E-state index in [0.29, 0.717) is 47.5 Å². The summed E-state index contributed by atoms with van der Waals surface area (Å²) in [5.74, 6) is 1.22. The molecule has 2 aromatic rings. The molecule has 0 saturated heterocycles. The average Bonchev–Trinajstić information content (AvgIpc) is 2.54. The van der Waals surface area contributed by atoms with Gasteiger partial charge in [0, 0.05) is 23.2 Å². The molecule has 2 rings (SSSR count). The number of rotatable bonds is 8. The smallest absolute Gasteiger partial charge is 0.224 e. The van der Waals surface area contributed by atoms with Crippen molar-refractivity contribution < 1.29 is 14.3 Å². The van der Waals surface area contributed by atoms with Crippen LogP contribution in [0.25, 0.3) is 0 Å². The third kappa shape index (κ3) is 5.95. The molecule has 0 atom stereocenters. The highest BCUT2D eigenvalue weighted by atomic mass is 35.5. The van der Waals surface area contributed by atoms with Crippen LogP contribution in [0, 0.1) is 0 Å². The van der Waals surface area contributed by atoms with Crippen molar-refractivity contribution in [3.05, 3.63) is 52.5 Å². The van der Waals surface area contributed by atoms with Crippen molar-refractivity contribution in [1.29, 1.82) is 0 Å². The summed E-state index contributed by atoms with van der Waals surface area (Å²) in [5, 5.41) is 3.85. The van der Waals surface area contributed by atoms with Crippen LogP contribution in [-0.2, 0) is 4.79 Å². The van der Waals surface area contributed by atoms with Crippen LogP contribution in [0.1, 0.15) is 19.8 Å². The summed E-state index contributed by atoms with van der Waals surface area (Å²) < 4.78 is 11.0. The van der Waals surface area contributed by atoms with E-state index in [0.717, 1.165) is 5.75 Å². The van der Waals surface area contributed by atoms with E-state index in [1.807, 2.05) is 25.1 Å². The van der Waals surface area contributed by atoms with Crippen molar-refractivity contribution in [3.63, 3.8) is 0 Å². The quantitative estimate of drug-likeness (QED) is 0.653. The maximum atomic E-state index is 12.0. The number of ether oxygens (including phenoxy) is 2. The Morgan fingerprint density at radius 1 is 1.12 bits per heavy atom. The minimum Gasteiger partial charge on any atom is -0.494 e. The first kappa shape index (κ1) is 18.4. The minimum atomic E-state index is -0.0746. The number of hydrogen-bond acceptors (Lipinski definition) is 3. The zero-order chi connectivity index (χ0) is 17.4. The minimum absolute atomic E-state index is 0.0746. The summed E-state index contributed by atoms with van der Waals surface area (Å²) in [6, 6.07) is 12.4. The van der Waals surface area contributed by atoms with Gasteiger partial charge >= 0.3 is 0 Å². The van der Waals surface area contributed by atoms with Crippen LogP contribution in [0.3, 0.4) is 0 Å². The molecular formula is C18H19Cl2NO3. The van der Waals surface area contributed by atoms with Gasteiger partial charge in [-0.2, -0.15) is 0 Å². The van der Waals surface area contributed by atoms with E-state index in [4.69, 9.17) is 32.7 Å². The molecule has 128 valence electrons. The number of carbonyl (C=O) groups excluding carboxylic acids is 1. The second kappa shape index (κ2) is 9.40. The Kier molecular flexibility index (Phi) is 7.22. The van der Waals surface area contributed by atoms with Crippen LogP contribution in [0.15, 0.2) is 42.5 Å². The van der Waals surface area contributed by atoms with Gasteiger partial charge < -0.3 is 14.8 Å². The molecule has 0 spiro atoms. The summed E-state index contributed by atoms with van der Waals surface area (Å²) in [7, 11) is 0. The summed E-state index contributed by atoms with van der Waals surface area (Å²) >= 11 is 11.8. The fraction of sp³-hybridized carbons (Fsp3) is 0.278. The number of nitrogens with one attached hydrogen (secondary N) is 1. The Morgan fingerprint density at radius 2 is 1.96 bits per heavy atom. The summed E-state index contributed by atoms with van der Waals surface area (Å²) in [6.45, 7) is 2.90. The van der Waals surface area contributed by atoms with E-state index in [2.05, 4.69) is 5.32 Å².